The van der Waals surface area contributed by atoms with Gasteiger partial charge in [0.15, 0.2) is 4.80 Å². The second-order valence-electron chi connectivity index (χ2n) is 5.75. The molecule has 0 aliphatic carbocycles. The maximum Gasteiger partial charge on any atom is 0.272 e. The van der Waals surface area contributed by atoms with Crippen molar-refractivity contribution in [2.45, 2.75) is 6.54 Å². The number of rotatable bonds is 6. The topological polar surface area (TPSA) is 86.7 Å². The van der Waals surface area contributed by atoms with Crippen LogP contribution in [-0.4, -0.2) is 29.1 Å². The SMILES string of the molecule is COCCn1c(=NC(=O)/C=C/c2cccc([N+](=O)[O-])c2)sc2cccc(F)c21. The van der Waals surface area contributed by atoms with E-state index in [0.29, 0.717) is 33.7 Å². The number of non-ortho nitro benzene ring substituents is 1. The number of hydrogen-bond acceptors (Lipinski definition) is 5. The number of carbonyl (C=O) groups excluding carboxylic acids is 1. The molecule has 0 saturated carbocycles. The highest BCUT2D eigenvalue weighted by Crippen LogP contribution is 2.20. The third-order valence-electron chi connectivity index (χ3n) is 3.88. The van der Waals surface area contributed by atoms with Crippen molar-refractivity contribution >= 4 is 39.2 Å². The van der Waals surface area contributed by atoms with Gasteiger partial charge < -0.3 is 9.30 Å². The molecule has 0 atom stereocenters. The van der Waals surface area contributed by atoms with Gasteiger partial charge in [0.05, 0.1) is 21.7 Å². The van der Waals surface area contributed by atoms with Crippen LogP contribution in [0, 0.1) is 15.9 Å². The molecule has 1 amide bonds. The number of nitrogens with zero attached hydrogens (tertiary/aromatic N) is 3. The number of benzene rings is 2. The highest BCUT2D eigenvalue weighted by atomic mass is 32.1. The highest BCUT2D eigenvalue weighted by molar-refractivity contribution is 7.16. The molecule has 0 N–H and O–H groups in total. The van der Waals surface area contributed by atoms with Crippen molar-refractivity contribution in [3.63, 3.8) is 0 Å². The number of para-hydroxylation sites is 1. The van der Waals surface area contributed by atoms with Gasteiger partial charge in [-0.05, 0) is 23.8 Å². The van der Waals surface area contributed by atoms with E-state index in [4.69, 9.17) is 4.74 Å². The Bertz CT molecular complexity index is 1130. The normalized spacial score (nSPS) is 12.1. The lowest BCUT2D eigenvalue weighted by Gasteiger charge is -2.04. The third kappa shape index (κ3) is 4.38. The van der Waals surface area contributed by atoms with E-state index in [-0.39, 0.29) is 5.69 Å². The number of aromatic nitrogens is 1. The lowest BCUT2D eigenvalue weighted by molar-refractivity contribution is -0.384. The van der Waals surface area contributed by atoms with Gasteiger partial charge in [0, 0.05) is 31.9 Å². The first-order valence-corrected chi connectivity index (χ1v) is 9.09. The summed E-state index contributed by atoms with van der Waals surface area (Å²) in [7, 11) is 1.54. The van der Waals surface area contributed by atoms with Crippen LogP contribution in [0.2, 0.25) is 0 Å². The van der Waals surface area contributed by atoms with Gasteiger partial charge in [0.25, 0.3) is 11.6 Å². The van der Waals surface area contributed by atoms with E-state index in [1.54, 1.807) is 22.8 Å². The Hall–Kier alpha value is -3.17. The minimum Gasteiger partial charge on any atom is -0.383 e. The number of halogens is 1. The molecule has 0 bridgehead atoms. The van der Waals surface area contributed by atoms with Gasteiger partial charge >= 0.3 is 0 Å². The highest BCUT2D eigenvalue weighted by Gasteiger charge is 2.11. The van der Waals surface area contributed by atoms with Crippen molar-refractivity contribution in [2.75, 3.05) is 13.7 Å². The quantitative estimate of drug-likeness (QED) is 0.359. The smallest absolute Gasteiger partial charge is 0.272 e. The van der Waals surface area contributed by atoms with Crippen LogP contribution in [0.1, 0.15) is 5.56 Å². The molecule has 0 fully saturated rings. The number of hydrogen-bond donors (Lipinski definition) is 0. The zero-order valence-corrected chi connectivity index (χ0v) is 15.7. The van der Waals surface area contributed by atoms with E-state index in [0.717, 1.165) is 0 Å². The van der Waals surface area contributed by atoms with Crippen LogP contribution in [-0.2, 0) is 16.1 Å². The molecular weight excluding hydrogens is 385 g/mol. The summed E-state index contributed by atoms with van der Waals surface area (Å²) in [6, 6.07) is 10.6. The fourth-order valence-electron chi connectivity index (χ4n) is 2.60. The molecule has 28 heavy (non-hydrogen) atoms. The molecule has 1 heterocycles. The molecule has 0 aliphatic heterocycles. The number of carbonyl (C=O) groups is 1. The van der Waals surface area contributed by atoms with Gasteiger partial charge in [-0.15, -0.1) is 0 Å². The van der Waals surface area contributed by atoms with Gasteiger partial charge in [-0.25, -0.2) is 4.39 Å². The molecule has 1 aromatic heterocycles. The average molecular weight is 401 g/mol. The van der Waals surface area contributed by atoms with E-state index in [1.807, 2.05) is 0 Å². The molecule has 3 aromatic rings. The molecule has 0 aliphatic rings. The molecule has 3 rings (SSSR count). The second kappa shape index (κ2) is 8.68. The summed E-state index contributed by atoms with van der Waals surface area (Å²) in [6.07, 6.45) is 2.67. The molecule has 0 saturated heterocycles. The summed E-state index contributed by atoms with van der Waals surface area (Å²) in [6.45, 7) is 0.684. The minimum absolute atomic E-state index is 0.0658. The van der Waals surface area contributed by atoms with Crippen molar-refractivity contribution in [1.29, 1.82) is 0 Å². The van der Waals surface area contributed by atoms with Crippen LogP contribution < -0.4 is 4.80 Å². The average Bonchev–Trinajstić information content (AvgIpc) is 3.03. The first-order valence-electron chi connectivity index (χ1n) is 8.27. The number of amides is 1. The monoisotopic (exact) mass is 401 g/mol. The van der Waals surface area contributed by atoms with Crippen LogP contribution in [0.15, 0.2) is 53.5 Å². The van der Waals surface area contributed by atoms with Gasteiger partial charge in [0.2, 0.25) is 0 Å². The second-order valence-corrected chi connectivity index (χ2v) is 6.76. The Morgan fingerprint density at radius 1 is 1.36 bits per heavy atom. The van der Waals surface area contributed by atoms with Crippen LogP contribution in [0.3, 0.4) is 0 Å². The van der Waals surface area contributed by atoms with Crippen LogP contribution in [0.4, 0.5) is 10.1 Å². The Morgan fingerprint density at radius 3 is 2.89 bits per heavy atom. The van der Waals surface area contributed by atoms with Crippen molar-refractivity contribution < 1.29 is 18.8 Å². The first kappa shape index (κ1) is 19.6. The van der Waals surface area contributed by atoms with E-state index < -0.39 is 16.6 Å². The maximum atomic E-state index is 14.2. The van der Waals surface area contributed by atoms with Gasteiger partial charge in [0.1, 0.15) is 5.82 Å². The zero-order chi connectivity index (χ0) is 20.1. The predicted octanol–water partition coefficient (Wildman–Crippen LogP) is 3.54. The summed E-state index contributed by atoms with van der Waals surface area (Å²) >= 11 is 1.20. The van der Waals surface area contributed by atoms with Crippen LogP contribution >= 0.6 is 11.3 Å². The molecule has 0 spiro atoms. The van der Waals surface area contributed by atoms with E-state index in [2.05, 4.69) is 4.99 Å². The van der Waals surface area contributed by atoms with Gasteiger partial charge in [-0.2, -0.15) is 4.99 Å². The fourth-order valence-corrected chi connectivity index (χ4v) is 3.68. The Labute approximate surface area is 163 Å². The standard InChI is InChI=1S/C19H16FN3O4S/c1-27-11-10-22-18-15(20)6-3-7-16(18)28-19(22)21-17(24)9-8-13-4-2-5-14(12-13)23(25)26/h2-9,12H,10-11H2,1H3/b9-8+,21-19?. The molecular formula is C19H16FN3O4S. The molecule has 0 radical (unpaired) electrons. The lowest BCUT2D eigenvalue weighted by Crippen LogP contribution is -2.19. The summed E-state index contributed by atoms with van der Waals surface area (Å²) in [5.41, 5.74) is 0.815. The summed E-state index contributed by atoms with van der Waals surface area (Å²) < 4.78 is 21.6. The maximum absolute atomic E-state index is 14.2. The molecule has 144 valence electrons. The number of methoxy groups -OCH3 is 1. The number of fused-ring (bicyclic) bond motifs is 1. The molecule has 0 unspecified atom stereocenters. The van der Waals surface area contributed by atoms with Crippen molar-refractivity contribution in [3.8, 4) is 0 Å². The van der Waals surface area contributed by atoms with Gasteiger partial charge in [-0.1, -0.05) is 29.5 Å². The summed E-state index contributed by atoms with van der Waals surface area (Å²) in [5.74, 6) is -0.949. The Balaban J connectivity index is 1.95. The van der Waals surface area contributed by atoms with E-state index in [1.165, 1.54) is 54.9 Å². The van der Waals surface area contributed by atoms with E-state index in [9.17, 15) is 19.3 Å². The Kier molecular flexibility index (Phi) is 6.07. The zero-order valence-electron chi connectivity index (χ0n) is 14.9. The summed E-state index contributed by atoms with van der Waals surface area (Å²) in [5, 5.41) is 10.8. The molecule has 9 heteroatoms. The van der Waals surface area contributed by atoms with Gasteiger partial charge in [-0.3, -0.25) is 14.9 Å². The first-order chi connectivity index (χ1) is 13.5. The number of nitro groups is 1. The van der Waals surface area contributed by atoms with Crippen LogP contribution in [0.25, 0.3) is 16.3 Å². The molecule has 7 nitrogen and oxygen atoms in total. The minimum atomic E-state index is -0.551. The largest absolute Gasteiger partial charge is 0.383 e. The van der Waals surface area contributed by atoms with Crippen molar-refractivity contribution in [2.24, 2.45) is 4.99 Å². The third-order valence-corrected chi connectivity index (χ3v) is 4.92. The fraction of sp³-hybridized carbons (Fsp3) is 0.158. The number of thiazole rings is 1. The lowest BCUT2D eigenvalue weighted by atomic mass is 10.2. The van der Waals surface area contributed by atoms with E-state index >= 15 is 0 Å². The van der Waals surface area contributed by atoms with Crippen molar-refractivity contribution in [1.82, 2.24) is 4.57 Å². The Morgan fingerprint density at radius 2 is 2.14 bits per heavy atom. The number of ether oxygens (including phenoxy) is 1. The van der Waals surface area contributed by atoms with Crippen LogP contribution in [0.5, 0.6) is 0 Å². The van der Waals surface area contributed by atoms with Crippen molar-refractivity contribution in [3.05, 3.63) is 74.8 Å². The number of nitro benzene ring substituents is 1. The summed E-state index contributed by atoms with van der Waals surface area (Å²) in [4.78, 5) is 27.0. The predicted molar refractivity (Wildman–Crippen MR) is 104 cm³/mol. The molecule has 2 aromatic carbocycles.